The predicted octanol–water partition coefficient (Wildman–Crippen LogP) is -0.0870. The highest BCUT2D eigenvalue weighted by atomic mass is 16.6. The highest BCUT2D eigenvalue weighted by molar-refractivity contribution is 5.84. The van der Waals surface area contributed by atoms with Gasteiger partial charge in [-0.25, -0.2) is 4.79 Å². The van der Waals surface area contributed by atoms with Gasteiger partial charge in [-0.15, -0.1) is 0 Å². The van der Waals surface area contributed by atoms with Crippen molar-refractivity contribution in [3.63, 3.8) is 0 Å². The largest absolute Gasteiger partial charge is 0.481 e. The molecule has 0 saturated carbocycles. The highest BCUT2D eigenvalue weighted by Gasteiger charge is 2.53. The molecule has 0 aromatic heterocycles. The van der Waals surface area contributed by atoms with Gasteiger partial charge in [0.2, 0.25) is 0 Å². The Balaban J connectivity index is 1.86. The topological polar surface area (TPSA) is 99.1 Å². The number of carboxylic acids is 1. The van der Waals surface area contributed by atoms with Gasteiger partial charge >= 0.3 is 17.9 Å². The van der Waals surface area contributed by atoms with Gasteiger partial charge < -0.3 is 19.3 Å². The third kappa shape index (κ3) is 2.72. The summed E-state index contributed by atoms with van der Waals surface area (Å²) in [5, 5.41) is 9.13. The van der Waals surface area contributed by atoms with E-state index in [2.05, 4.69) is 11.3 Å². The number of ether oxygens (including phenoxy) is 3. The second-order valence-corrected chi connectivity index (χ2v) is 4.38. The quantitative estimate of drug-likeness (QED) is 0.314. The number of rotatable bonds is 6. The molecular weight excluding hydrogens is 268 g/mol. The Kier molecular flexibility index (Phi) is 4.19. The lowest BCUT2D eigenvalue weighted by Gasteiger charge is -2.20. The summed E-state index contributed by atoms with van der Waals surface area (Å²) in [6.45, 7) is 2.98. The lowest BCUT2D eigenvalue weighted by atomic mass is 9.83. The molecule has 0 radical (unpaired) electrons. The number of hydrogen-bond acceptors (Lipinski definition) is 6. The summed E-state index contributed by atoms with van der Waals surface area (Å²) >= 11 is 0. The van der Waals surface area contributed by atoms with Gasteiger partial charge in [-0.05, 0) is 0 Å². The molecule has 1 fully saturated rings. The molecule has 1 N–H and O–H groups in total. The Labute approximate surface area is 114 Å². The van der Waals surface area contributed by atoms with Crippen molar-refractivity contribution in [1.82, 2.24) is 0 Å². The molecule has 2 aliphatic rings. The molecule has 2 aliphatic heterocycles. The number of esters is 2. The van der Waals surface area contributed by atoms with Gasteiger partial charge in [-0.2, -0.15) is 0 Å². The van der Waals surface area contributed by atoms with E-state index in [9.17, 15) is 14.4 Å². The molecule has 7 heteroatoms. The first-order chi connectivity index (χ1) is 9.54. The third-order valence-corrected chi connectivity index (χ3v) is 3.20. The molecule has 108 valence electrons. The minimum absolute atomic E-state index is 0.105. The Morgan fingerprint density at radius 1 is 1.15 bits per heavy atom. The van der Waals surface area contributed by atoms with Gasteiger partial charge in [-0.1, -0.05) is 18.7 Å². The van der Waals surface area contributed by atoms with Crippen molar-refractivity contribution in [2.45, 2.75) is 12.2 Å². The van der Waals surface area contributed by atoms with Crippen LogP contribution in [0.3, 0.4) is 0 Å². The normalized spacial score (nSPS) is 30.0. The summed E-state index contributed by atoms with van der Waals surface area (Å²) in [5.41, 5.74) is 0. The van der Waals surface area contributed by atoms with E-state index < -0.39 is 42.0 Å². The molecule has 20 heavy (non-hydrogen) atoms. The SMILES string of the molecule is C=CC(=O)OCCOC(=O)C1C2C=CC(O2)C1C(=O)O. The lowest BCUT2D eigenvalue weighted by Crippen LogP contribution is -2.37. The first kappa shape index (κ1) is 14.3. The van der Waals surface area contributed by atoms with Crippen LogP contribution < -0.4 is 0 Å². The number of hydrogen-bond donors (Lipinski definition) is 1. The molecule has 2 rings (SSSR count). The zero-order valence-electron chi connectivity index (χ0n) is 10.6. The van der Waals surface area contributed by atoms with Crippen molar-refractivity contribution >= 4 is 17.9 Å². The first-order valence-electron chi connectivity index (χ1n) is 6.07. The van der Waals surface area contributed by atoms with Crippen molar-refractivity contribution < 1.29 is 33.7 Å². The van der Waals surface area contributed by atoms with E-state index in [1.807, 2.05) is 0 Å². The fourth-order valence-electron chi connectivity index (χ4n) is 2.32. The number of carbonyl (C=O) groups is 3. The molecule has 2 bridgehead atoms. The standard InChI is InChI=1S/C13H14O7/c1-2-9(14)18-5-6-19-13(17)11-8-4-3-7(20-8)10(11)12(15)16/h2-4,7-8,10-11H,1,5-6H2,(H,15,16). The van der Waals surface area contributed by atoms with Crippen LogP contribution in [-0.4, -0.2) is 48.4 Å². The second kappa shape index (κ2) is 5.87. The smallest absolute Gasteiger partial charge is 0.330 e. The fourth-order valence-corrected chi connectivity index (χ4v) is 2.32. The van der Waals surface area contributed by atoms with Gasteiger partial charge in [0.15, 0.2) is 0 Å². The Hall–Kier alpha value is -2.15. The van der Waals surface area contributed by atoms with Crippen LogP contribution in [0.5, 0.6) is 0 Å². The molecule has 0 amide bonds. The van der Waals surface area contributed by atoms with Gasteiger partial charge in [0.25, 0.3) is 0 Å². The molecule has 1 saturated heterocycles. The van der Waals surface area contributed by atoms with Crippen LogP contribution in [0.1, 0.15) is 0 Å². The van der Waals surface area contributed by atoms with Crippen LogP contribution in [0, 0.1) is 11.8 Å². The Bertz CT molecular complexity index is 467. The molecular formula is C13H14O7. The van der Waals surface area contributed by atoms with E-state index >= 15 is 0 Å². The van der Waals surface area contributed by atoms with Gasteiger partial charge in [0.1, 0.15) is 25.0 Å². The Morgan fingerprint density at radius 2 is 1.75 bits per heavy atom. The fraction of sp³-hybridized carbons (Fsp3) is 0.462. The maximum absolute atomic E-state index is 11.9. The molecule has 0 spiro atoms. The van der Waals surface area contributed by atoms with Crippen LogP contribution >= 0.6 is 0 Å². The third-order valence-electron chi connectivity index (χ3n) is 3.20. The summed E-state index contributed by atoms with van der Waals surface area (Å²) in [5.74, 6) is -4.17. The monoisotopic (exact) mass is 282 g/mol. The molecule has 7 nitrogen and oxygen atoms in total. The molecule has 0 aliphatic carbocycles. The zero-order valence-corrected chi connectivity index (χ0v) is 10.6. The Morgan fingerprint density at radius 3 is 2.35 bits per heavy atom. The first-order valence-corrected chi connectivity index (χ1v) is 6.07. The van der Waals surface area contributed by atoms with Gasteiger partial charge in [-0.3, -0.25) is 9.59 Å². The van der Waals surface area contributed by atoms with Crippen LogP contribution in [0.2, 0.25) is 0 Å². The van der Waals surface area contributed by atoms with Crippen LogP contribution in [-0.2, 0) is 28.6 Å². The molecule has 2 heterocycles. The number of aliphatic carboxylic acids is 1. The second-order valence-electron chi connectivity index (χ2n) is 4.38. The molecule has 4 atom stereocenters. The van der Waals surface area contributed by atoms with E-state index in [4.69, 9.17) is 14.6 Å². The van der Waals surface area contributed by atoms with Crippen molar-refractivity contribution in [1.29, 1.82) is 0 Å². The van der Waals surface area contributed by atoms with E-state index in [0.717, 1.165) is 6.08 Å². The van der Waals surface area contributed by atoms with Crippen molar-refractivity contribution in [2.24, 2.45) is 11.8 Å². The van der Waals surface area contributed by atoms with E-state index in [1.165, 1.54) is 0 Å². The van der Waals surface area contributed by atoms with Gasteiger partial charge in [0, 0.05) is 6.08 Å². The van der Waals surface area contributed by atoms with Crippen LogP contribution in [0.4, 0.5) is 0 Å². The predicted molar refractivity (Wildman–Crippen MR) is 64.5 cm³/mol. The summed E-state index contributed by atoms with van der Waals surface area (Å²) in [7, 11) is 0. The number of fused-ring (bicyclic) bond motifs is 2. The zero-order chi connectivity index (χ0) is 14.7. The minimum Gasteiger partial charge on any atom is -0.481 e. The summed E-state index contributed by atoms with van der Waals surface area (Å²) in [6, 6.07) is 0. The van der Waals surface area contributed by atoms with Crippen molar-refractivity contribution in [3.8, 4) is 0 Å². The van der Waals surface area contributed by atoms with E-state index in [-0.39, 0.29) is 13.2 Å². The van der Waals surface area contributed by atoms with Crippen LogP contribution in [0.15, 0.2) is 24.8 Å². The average molecular weight is 282 g/mol. The summed E-state index contributed by atoms with van der Waals surface area (Å²) in [4.78, 5) is 33.8. The maximum Gasteiger partial charge on any atom is 0.330 e. The lowest BCUT2D eigenvalue weighted by molar-refractivity contribution is -0.159. The van der Waals surface area contributed by atoms with Crippen LogP contribution in [0.25, 0.3) is 0 Å². The number of carbonyl (C=O) groups excluding carboxylic acids is 2. The highest BCUT2D eigenvalue weighted by Crippen LogP contribution is 2.39. The molecule has 0 aromatic carbocycles. The van der Waals surface area contributed by atoms with Crippen molar-refractivity contribution in [2.75, 3.05) is 13.2 Å². The minimum atomic E-state index is -1.10. The maximum atomic E-state index is 11.9. The summed E-state index contributed by atoms with van der Waals surface area (Å²) in [6.07, 6.45) is 3.14. The molecule has 0 aromatic rings. The molecule has 4 unspecified atom stereocenters. The average Bonchev–Trinajstić information content (AvgIpc) is 3.03. The number of carboxylic acid groups (broad SMARTS) is 1. The van der Waals surface area contributed by atoms with E-state index in [0.29, 0.717) is 0 Å². The van der Waals surface area contributed by atoms with Gasteiger partial charge in [0.05, 0.1) is 12.2 Å². The van der Waals surface area contributed by atoms with Crippen molar-refractivity contribution in [3.05, 3.63) is 24.8 Å². The van der Waals surface area contributed by atoms with E-state index in [1.54, 1.807) is 12.2 Å². The summed E-state index contributed by atoms with van der Waals surface area (Å²) < 4.78 is 14.9.